The van der Waals surface area contributed by atoms with E-state index in [9.17, 15) is 0 Å². The number of anilines is 1. The highest BCUT2D eigenvalue weighted by molar-refractivity contribution is 7.18. The summed E-state index contributed by atoms with van der Waals surface area (Å²) < 4.78 is 6.73. The van der Waals surface area contributed by atoms with E-state index in [4.69, 9.17) is 9.72 Å². The number of morpholine rings is 1. The molecule has 0 radical (unpaired) electrons. The number of ether oxygens (including phenoxy) is 1. The van der Waals surface area contributed by atoms with Gasteiger partial charge in [-0.25, -0.2) is 4.98 Å². The lowest BCUT2D eigenvalue weighted by Crippen LogP contribution is -2.36. The third-order valence-corrected chi connectivity index (χ3v) is 5.16. The highest BCUT2D eigenvalue weighted by Crippen LogP contribution is 2.32. The molecule has 0 bridgehead atoms. The van der Waals surface area contributed by atoms with Gasteiger partial charge in [0.15, 0.2) is 0 Å². The molecular weight excluding hydrogens is 268 g/mol. The summed E-state index contributed by atoms with van der Waals surface area (Å²) in [6.07, 6.45) is 2.44. The van der Waals surface area contributed by atoms with E-state index in [0.717, 1.165) is 31.8 Å². The fraction of sp³-hybridized carbons (Fsp3) is 0.562. The van der Waals surface area contributed by atoms with Crippen LogP contribution in [0.25, 0.3) is 10.2 Å². The second-order valence-corrected chi connectivity index (χ2v) is 6.56. The molecule has 1 fully saturated rings. The molecular formula is C16H22N2OS. The van der Waals surface area contributed by atoms with E-state index in [1.54, 1.807) is 0 Å². The SMILES string of the molecule is CCCC(C)c1nc2ccc(N3CCOCC3)cc2s1. The second kappa shape index (κ2) is 6.10. The summed E-state index contributed by atoms with van der Waals surface area (Å²) in [4.78, 5) is 7.19. The molecule has 2 aromatic rings. The molecule has 20 heavy (non-hydrogen) atoms. The first-order chi connectivity index (χ1) is 9.78. The summed E-state index contributed by atoms with van der Waals surface area (Å²) in [7, 11) is 0. The molecule has 2 heterocycles. The van der Waals surface area contributed by atoms with Crippen molar-refractivity contribution in [2.75, 3.05) is 31.2 Å². The van der Waals surface area contributed by atoms with Crippen molar-refractivity contribution in [2.24, 2.45) is 0 Å². The predicted octanol–water partition coefficient (Wildman–Crippen LogP) is 4.04. The van der Waals surface area contributed by atoms with Crippen LogP contribution in [0.1, 0.15) is 37.6 Å². The second-order valence-electron chi connectivity index (χ2n) is 5.49. The number of nitrogens with zero attached hydrogens (tertiary/aromatic N) is 2. The predicted molar refractivity (Wildman–Crippen MR) is 86.0 cm³/mol. The molecule has 1 aliphatic rings. The van der Waals surface area contributed by atoms with E-state index < -0.39 is 0 Å². The molecule has 1 aromatic heterocycles. The maximum Gasteiger partial charge on any atom is 0.0966 e. The number of rotatable bonds is 4. The van der Waals surface area contributed by atoms with Crippen LogP contribution in [0, 0.1) is 0 Å². The van der Waals surface area contributed by atoms with Crippen LogP contribution in [0.4, 0.5) is 5.69 Å². The summed E-state index contributed by atoms with van der Waals surface area (Å²) >= 11 is 1.85. The van der Waals surface area contributed by atoms with Gasteiger partial charge in [-0.2, -0.15) is 0 Å². The lowest BCUT2D eigenvalue weighted by Gasteiger charge is -2.28. The first kappa shape index (κ1) is 13.8. The van der Waals surface area contributed by atoms with Crippen LogP contribution in [-0.4, -0.2) is 31.3 Å². The summed E-state index contributed by atoms with van der Waals surface area (Å²) in [6.45, 7) is 8.16. The van der Waals surface area contributed by atoms with Crippen LogP contribution in [0.15, 0.2) is 18.2 Å². The average molecular weight is 290 g/mol. The van der Waals surface area contributed by atoms with Crippen molar-refractivity contribution in [3.63, 3.8) is 0 Å². The van der Waals surface area contributed by atoms with Gasteiger partial charge in [0, 0.05) is 24.7 Å². The van der Waals surface area contributed by atoms with Crippen LogP contribution in [0.2, 0.25) is 0 Å². The Morgan fingerprint density at radius 3 is 2.90 bits per heavy atom. The fourth-order valence-electron chi connectivity index (χ4n) is 2.72. The summed E-state index contributed by atoms with van der Waals surface area (Å²) in [5, 5.41) is 1.28. The van der Waals surface area contributed by atoms with Gasteiger partial charge in [0.05, 0.1) is 28.4 Å². The van der Waals surface area contributed by atoms with Crippen molar-refractivity contribution in [3.05, 3.63) is 23.2 Å². The minimum atomic E-state index is 0.573. The number of hydrogen-bond donors (Lipinski definition) is 0. The Hall–Kier alpha value is -1.13. The van der Waals surface area contributed by atoms with Crippen LogP contribution in [0.5, 0.6) is 0 Å². The molecule has 108 valence electrons. The highest BCUT2D eigenvalue weighted by atomic mass is 32.1. The lowest BCUT2D eigenvalue weighted by molar-refractivity contribution is 0.122. The Balaban J connectivity index is 1.86. The summed E-state index contributed by atoms with van der Waals surface area (Å²) in [6, 6.07) is 6.65. The van der Waals surface area contributed by atoms with Crippen molar-refractivity contribution in [1.82, 2.24) is 4.98 Å². The fourth-order valence-corrected chi connectivity index (χ4v) is 3.80. The maximum absolute atomic E-state index is 5.42. The van der Waals surface area contributed by atoms with E-state index in [1.807, 2.05) is 11.3 Å². The zero-order valence-electron chi connectivity index (χ0n) is 12.3. The topological polar surface area (TPSA) is 25.4 Å². The molecule has 0 amide bonds. The van der Waals surface area contributed by atoms with E-state index in [2.05, 4.69) is 36.9 Å². The Kier molecular flexibility index (Phi) is 4.22. The number of thiazole rings is 1. The van der Waals surface area contributed by atoms with Gasteiger partial charge in [-0.15, -0.1) is 11.3 Å². The smallest absolute Gasteiger partial charge is 0.0966 e. The van der Waals surface area contributed by atoms with Gasteiger partial charge in [-0.3, -0.25) is 0 Å². The van der Waals surface area contributed by atoms with Gasteiger partial charge in [0.2, 0.25) is 0 Å². The van der Waals surface area contributed by atoms with Gasteiger partial charge in [-0.1, -0.05) is 20.3 Å². The Bertz CT molecular complexity index is 575. The van der Waals surface area contributed by atoms with Gasteiger partial charge in [0.25, 0.3) is 0 Å². The van der Waals surface area contributed by atoms with E-state index in [0.29, 0.717) is 5.92 Å². The molecule has 3 nitrogen and oxygen atoms in total. The van der Waals surface area contributed by atoms with E-state index >= 15 is 0 Å². The largest absolute Gasteiger partial charge is 0.378 e. The maximum atomic E-state index is 5.42. The molecule has 1 aromatic carbocycles. The van der Waals surface area contributed by atoms with Crippen LogP contribution in [0.3, 0.4) is 0 Å². The zero-order valence-corrected chi connectivity index (χ0v) is 13.1. The molecule has 1 saturated heterocycles. The highest BCUT2D eigenvalue weighted by Gasteiger charge is 2.14. The molecule has 4 heteroatoms. The molecule has 3 rings (SSSR count). The van der Waals surface area contributed by atoms with Crippen molar-refractivity contribution in [2.45, 2.75) is 32.6 Å². The monoisotopic (exact) mass is 290 g/mol. The van der Waals surface area contributed by atoms with E-state index in [-0.39, 0.29) is 0 Å². The van der Waals surface area contributed by atoms with E-state index in [1.165, 1.54) is 28.2 Å². The third-order valence-electron chi connectivity index (χ3n) is 3.91. The number of hydrogen-bond acceptors (Lipinski definition) is 4. The third kappa shape index (κ3) is 2.81. The standard InChI is InChI=1S/C16H22N2OS/c1-3-4-12(2)16-17-14-6-5-13(11-15(14)20-16)18-7-9-19-10-8-18/h5-6,11-12H,3-4,7-10H2,1-2H3. The van der Waals surface area contributed by atoms with Gasteiger partial charge in [-0.05, 0) is 24.6 Å². The van der Waals surface area contributed by atoms with Crippen molar-refractivity contribution in [1.29, 1.82) is 0 Å². The number of fused-ring (bicyclic) bond motifs is 1. The Labute approximate surface area is 124 Å². The molecule has 0 spiro atoms. The number of benzene rings is 1. The molecule has 0 aliphatic carbocycles. The van der Waals surface area contributed by atoms with Crippen LogP contribution in [-0.2, 0) is 4.74 Å². The van der Waals surface area contributed by atoms with Crippen molar-refractivity contribution in [3.8, 4) is 0 Å². The molecule has 1 atom stereocenters. The van der Waals surface area contributed by atoms with Crippen molar-refractivity contribution < 1.29 is 4.74 Å². The molecule has 1 unspecified atom stereocenters. The average Bonchev–Trinajstić information content (AvgIpc) is 2.91. The minimum Gasteiger partial charge on any atom is -0.378 e. The Morgan fingerprint density at radius 2 is 2.15 bits per heavy atom. The normalized spacial score (nSPS) is 17.6. The lowest BCUT2D eigenvalue weighted by atomic mass is 10.1. The minimum absolute atomic E-state index is 0.573. The zero-order chi connectivity index (χ0) is 13.9. The van der Waals surface area contributed by atoms with Gasteiger partial charge < -0.3 is 9.64 Å². The quantitative estimate of drug-likeness (QED) is 0.850. The van der Waals surface area contributed by atoms with Crippen LogP contribution >= 0.6 is 11.3 Å². The molecule has 1 aliphatic heterocycles. The first-order valence-electron chi connectivity index (χ1n) is 7.51. The summed E-state index contributed by atoms with van der Waals surface area (Å²) in [5.74, 6) is 0.573. The Morgan fingerprint density at radius 1 is 1.35 bits per heavy atom. The number of aromatic nitrogens is 1. The molecule has 0 N–H and O–H groups in total. The van der Waals surface area contributed by atoms with Gasteiger partial charge in [0.1, 0.15) is 0 Å². The van der Waals surface area contributed by atoms with Gasteiger partial charge >= 0.3 is 0 Å². The van der Waals surface area contributed by atoms with Crippen molar-refractivity contribution >= 4 is 27.2 Å². The molecule has 0 saturated carbocycles. The van der Waals surface area contributed by atoms with Crippen LogP contribution < -0.4 is 4.90 Å². The first-order valence-corrected chi connectivity index (χ1v) is 8.32. The summed E-state index contributed by atoms with van der Waals surface area (Å²) in [5.41, 5.74) is 2.45.